The van der Waals surface area contributed by atoms with Crippen molar-refractivity contribution in [3.63, 3.8) is 0 Å². The number of carbonyl (C=O) groups is 2. The molecule has 0 fully saturated rings. The van der Waals surface area contributed by atoms with E-state index in [1.807, 2.05) is 0 Å². The number of fused-ring (bicyclic) bond motifs is 1. The van der Waals surface area contributed by atoms with Crippen molar-refractivity contribution < 1.29 is 19.1 Å². The minimum absolute atomic E-state index is 0.344. The highest BCUT2D eigenvalue weighted by molar-refractivity contribution is 7.17. The number of carbonyl (C=O) groups excluding carboxylic acids is 2. The van der Waals surface area contributed by atoms with Crippen molar-refractivity contribution in [3.05, 3.63) is 39.2 Å². The summed E-state index contributed by atoms with van der Waals surface area (Å²) in [7, 11) is 1.49. The van der Waals surface area contributed by atoms with Gasteiger partial charge in [-0.2, -0.15) is 0 Å². The molecule has 25 heavy (non-hydrogen) atoms. The summed E-state index contributed by atoms with van der Waals surface area (Å²) in [5.74, 6) is -0.108. The maximum atomic E-state index is 12.4. The van der Waals surface area contributed by atoms with E-state index in [1.54, 1.807) is 18.2 Å². The van der Waals surface area contributed by atoms with E-state index in [4.69, 9.17) is 26.8 Å². The van der Waals surface area contributed by atoms with Gasteiger partial charge in [-0.25, -0.2) is 4.79 Å². The molecule has 0 unspecified atom stereocenters. The summed E-state index contributed by atoms with van der Waals surface area (Å²) >= 11 is 7.24. The molecule has 1 aromatic heterocycles. The fourth-order valence-corrected chi connectivity index (χ4v) is 3.97. The Hall–Kier alpha value is -2.29. The Labute approximate surface area is 153 Å². The number of halogens is 1. The summed E-state index contributed by atoms with van der Waals surface area (Å²) in [5.41, 5.74) is 7.10. The number of primary amides is 1. The number of benzene rings is 1. The van der Waals surface area contributed by atoms with Crippen LogP contribution in [0.3, 0.4) is 0 Å². The molecule has 9 heteroatoms. The van der Waals surface area contributed by atoms with Crippen LogP contribution in [0.5, 0.6) is 5.75 Å². The fourth-order valence-electron chi connectivity index (χ4n) is 2.62. The fraction of sp³-hybridized carbons (Fsp3) is 0.250. The van der Waals surface area contributed by atoms with Crippen molar-refractivity contribution in [3.8, 4) is 5.75 Å². The number of hydrogen-bond acceptors (Lipinski definition) is 5. The van der Waals surface area contributed by atoms with E-state index in [2.05, 4.69) is 10.6 Å². The zero-order valence-electron chi connectivity index (χ0n) is 13.3. The molecule has 4 N–H and O–H groups in total. The van der Waals surface area contributed by atoms with Crippen molar-refractivity contribution in [1.82, 2.24) is 0 Å². The predicted octanol–water partition coefficient (Wildman–Crippen LogP) is 3.23. The summed E-state index contributed by atoms with van der Waals surface area (Å²) in [4.78, 5) is 25.1. The molecular formula is C16H16ClN3O4S. The lowest BCUT2D eigenvalue weighted by atomic mass is 10.1. The molecule has 0 atom stereocenters. The number of urea groups is 1. The molecule has 2 aromatic rings. The molecule has 0 radical (unpaired) electrons. The molecule has 132 valence electrons. The first kappa shape index (κ1) is 17.5. The van der Waals surface area contributed by atoms with Crippen LogP contribution in [0.1, 0.15) is 20.8 Å². The van der Waals surface area contributed by atoms with E-state index in [0.717, 1.165) is 10.4 Å². The molecule has 0 bridgehead atoms. The number of ether oxygens (including phenoxy) is 2. The molecule has 1 aromatic carbocycles. The van der Waals surface area contributed by atoms with Crippen LogP contribution in [-0.4, -0.2) is 25.7 Å². The molecule has 1 aliphatic rings. The number of hydrogen-bond donors (Lipinski definition) is 3. The molecule has 2 heterocycles. The number of rotatable bonds is 4. The number of methoxy groups -OCH3 is 1. The third-order valence-electron chi connectivity index (χ3n) is 3.70. The predicted molar refractivity (Wildman–Crippen MR) is 96.8 cm³/mol. The Morgan fingerprint density at radius 2 is 2.16 bits per heavy atom. The minimum atomic E-state index is -0.574. The standard InChI is InChI=1S/C16H16ClN3O4S/c1-23-11-3-2-8(17)6-10(11)19-16(22)20-15-13(14(18)21)9-4-5-24-7-12(9)25-15/h2-3,6H,4-5,7H2,1H3,(H2,18,21)(H2,19,20,22). The lowest BCUT2D eigenvalue weighted by Gasteiger charge is -2.12. The maximum absolute atomic E-state index is 12.4. The molecule has 0 spiro atoms. The first-order valence-electron chi connectivity index (χ1n) is 7.43. The second-order valence-corrected chi connectivity index (χ2v) is 6.84. The Kier molecular flexibility index (Phi) is 5.12. The van der Waals surface area contributed by atoms with E-state index >= 15 is 0 Å². The monoisotopic (exact) mass is 381 g/mol. The molecule has 1 aliphatic heterocycles. The number of nitrogens with two attached hydrogens (primary N) is 1. The van der Waals surface area contributed by atoms with Gasteiger partial charge in [-0.05, 0) is 30.2 Å². The van der Waals surface area contributed by atoms with Gasteiger partial charge in [0.1, 0.15) is 10.8 Å². The maximum Gasteiger partial charge on any atom is 0.324 e. The van der Waals surface area contributed by atoms with E-state index in [0.29, 0.717) is 46.7 Å². The summed E-state index contributed by atoms with van der Waals surface area (Å²) in [6.45, 7) is 0.932. The summed E-state index contributed by atoms with van der Waals surface area (Å²) in [6, 6.07) is 4.35. The zero-order chi connectivity index (χ0) is 18.0. The highest BCUT2D eigenvalue weighted by atomic mass is 35.5. The van der Waals surface area contributed by atoms with Gasteiger partial charge in [0, 0.05) is 9.90 Å². The van der Waals surface area contributed by atoms with Gasteiger partial charge in [0.25, 0.3) is 5.91 Å². The molecule has 0 aliphatic carbocycles. The number of thiophene rings is 1. The van der Waals surface area contributed by atoms with Crippen molar-refractivity contribution >= 4 is 45.6 Å². The van der Waals surface area contributed by atoms with Gasteiger partial charge in [-0.3, -0.25) is 10.1 Å². The molecular weight excluding hydrogens is 366 g/mol. The van der Waals surface area contributed by atoms with E-state index in [-0.39, 0.29) is 0 Å². The SMILES string of the molecule is COc1ccc(Cl)cc1NC(=O)Nc1sc2c(c1C(N)=O)CCOC2. The summed E-state index contributed by atoms with van der Waals surface area (Å²) in [5, 5.41) is 6.20. The highest BCUT2D eigenvalue weighted by Gasteiger charge is 2.25. The first-order valence-corrected chi connectivity index (χ1v) is 8.62. The van der Waals surface area contributed by atoms with Gasteiger partial charge in [-0.1, -0.05) is 11.6 Å². The van der Waals surface area contributed by atoms with Gasteiger partial charge in [0.2, 0.25) is 0 Å². The van der Waals surface area contributed by atoms with Gasteiger partial charge in [0.05, 0.1) is 31.6 Å². The van der Waals surface area contributed by atoms with Crippen LogP contribution >= 0.6 is 22.9 Å². The summed E-state index contributed by atoms with van der Waals surface area (Å²) < 4.78 is 10.6. The quantitative estimate of drug-likeness (QED) is 0.756. The highest BCUT2D eigenvalue weighted by Crippen LogP contribution is 2.36. The van der Waals surface area contributed by atoms with E-state index < -0.39 is 11.9 Å². The largest absolute Gasteiger partial charge is 0.495 e. The minimum Gasteiger partial charge on any atom is -0.495 e. The number of anilines is 2. The molecule has 0 saturated carbocycles. The van der Waals surface area contributed by atoms with Crippen LogP contribution in [-0.2, 0) is 17.8 Å². The average Bonchev–Trinajstić information content (AvgIpc) is 2.92. The average molecular weight is 382 g/mol. The normalized spacial score (nSPS) is 13.0. The van der Waals surface area contributed by atoms with Crippen molar-refractivity contribution in [1.29, 1.82) is 0 Å². The third kappa shape index (κ3) is 3.71. The molecule has 3 rings (SSSR count). The molecule has 7 nitrogen and oxygen atoms in total. The van der Waals surface area contributed by atoms with Gasteiger partial charge in [0.15, 0.2) is 0 Å². The molecule has 3 amide bonds. The van der Waals surface area contributed by atoms with Crippen LogP contribution in [0.15, 0.2) is 18.2 Å². The van der Waals surface area contributed by atoms with Gasteiger partial charge in [-0.15, -0.1) is 11.3 Å². The van der Waals surface area contributed by atoms with E-state index in [1.165, 1.54) is 18.4 Å². The second-order valence-electron chi connectivity index (χ2n) is 5.30. The topological polar surface area (TPSA) is 103 Å². The molecule has 0 saturated heterocycles. The van der Waals surface area contributed by atoms with Crippen molar-refractivity contribution in [2.45, 2.75) is 13.0 Å². The van der Waals surface area contributed by atoms with Crippen LogP contribution in [0, 0.1) is 0 Å². The first-order chi connectivity index (χ1) is 12.0. The van der Waals surface area contributed by atoms with Crippen LogP contribution in [0.2, 0.25) is 5.02 Å². The Bertz CT molecular complexity index is 837. The Balaban J connectivity index is 1.83. The van der Waals surface area contributed by atoms with Crippen LogP contribution < -0.4 is 21.1 Å². The van der Waals surface area contributed by atoms with Crippen molar-refractivity contribution in [2.24, 2.45) is 5.73 Å². The van der Waals surface area contributed by atoms with E-state index in [9.17, 15) is 9.59 Å². The zero-order valence-corrected chi connectivity index (χ0v) is 14.9. The van der Waals surface area contributed by atoms with Crippen molar-refractivity contribution in [2.75, 3.05) is 24.4 Å². The number of amides is 3. The lowest BCUT2D eigenvalue weighted by Crippen LogP contribution is -2.22. The van der Waals surface area contributed by atoms with Crippen LogP contribution in [0.4, 0.5) is 15.5 Å². The number of nitrogens with one attached hydrogen (secondary N) is 2. The lowest BCUT2D eigenvalue weighted by molar-refractivity contribution is 0.0991. The second kappa shape index (κ2) is 7.30. The summed E-state index contributed by atoms with van der Waals surface area (Å²) in [6.07, 6.45) is 0.593. The van der Waals surface area contributed by atoms with Gasteiger partial charge < -0.3 is 20.5 Å². The smallest absolute Gasteiger partial charge is 0.324 e. The third-order valence-corrected chi connectivity index (χ3v) is 5.06. The Morgan fingerprint density at radius 1 is 1.36 bits per heavy atom. The van der Waals surface area contributed by atoms with Gasteiger partial charge >= 0.3 is 6.03 Å². The Morgan fingerprint density at radius 3 is 2.88 bits per heavy atom. The van der Waals surface area contributed by atoms with Crippen LogP contribution in [0.25, 0.3) is 0 Å².